The van der Waals surface area contributed by atoms with E-state index < -0.39 is 0 Å². The predicted octanol–water partition coefficient (Wildman–Crippen LogP) is 2.23. The minimum absolute atomic E-state index is 0.672. The molecule has 0 aliphatic rings. The number of nitrogens with two attached hydrogens (primary N) is 1. The minimum atomic E-state index is 0.672. The molecule has 18 heavy (non-hydrogen) atoms. The number of anilines is 1. The molecule has 2 rings (SSSR count). The van der Waals surface area contributed by atoms with E-state index in [1.54, 1.807) is 0 Å². The van der Waals surface area contributed by atoms with Crippen molar-refractivity contribution in [2.24, 2.45) is 0 Å². The van der Waals surface area contributed by atoms with Gasteiger partial charge in [-0.3, -0.25) is 0 Å². The Hall–Kier alpha value is -2.04. The molecule has 2 N–H and O–H groups in total. The normalized spacial score (nSPS) is 10.8. The molecule has 0 saturated carbocycles. The monoisotopic (exact) mass is 245 g/mol. The molecule has 0 amide bonds. The van der Waals surface area contributed by atoms with E-state index in [1.807, 2.05) is 30.1 Å². The van der Waals surface area contributed by atoms with Crippen molar-refractivity contribution in [3.63, 3.8) is 0 Å². The molecule has 0 spiro atoms. The highest BCUT2D eigenvalue weighted by Gasteiger charge is 2.15. The van der Waals surface area contributed by atoms with Crippen LogP contribution in [0.4, 0.5) is 5.82 Å². The third-order valence-electron chi connectivity index (χ3n) is 2.93. The first-order valence-electron chi connectivity index (χ1n) is 6.13. The highest BCUT2D eigenvalue weighted by molar-refractivity contribution is 5.68. The average molecular weight is 245 g/mol. The van der Waals surface area contributed by atoms with Crippen LogP contribution in [0.15, 0.2) is 25.2 Å². The summed E-state index contributed by atoms with van der Waals surface area (Å²) in [7, 11) is 0. The van der Waals surface area contributed by atoms with Gasteiger partial charge in [0.1, 0.15) is 17.3 Å². The number of allylic oxidation sites excluding steroid dienone is 1. The molecule has 0 radical (unpaired) electrons. The number of nitrogen functional groups attached to an aromatic ring is 1. The first kappa shape index (κ1) is 12.4. The van der Waals surface area contributed by atoms with Crippen molar-refractivity contribution in [1.82, 2.24) is 19.1 Å². The summed E-state index contributed by atoms with van der Waals surface area (Å²) < 4.78 is 4.03. The van der Waals surface area contributed by atoms with Crippen LogP contribution in [0.1, 0.15) is 19.2 Å². The van der Waals surface area contributed by atoms with Crippen LogP contribution in [0.2, 0.25) is 0 Å². The van der Waals surface area contributed by atoms with Gasteiger partial charge in [0.05, 0.1) is 18.2 Å². The molecule has 2 heterocycles. The van der Waals surface area contributed by atoms with Gasteiger partial charge in [0, 0.05) is 13.1 Å². The Morgan fingerprint density at radius 3 is 2.94 bits per heavy atom. The van der Waals surface area contributed by atoms with E-state index in [-0.39, 0.29) is 0 Å². The molecule has 2 aromatic heterocycles. The summed E-state index contributed by atoms with van der Waals surface area (Å²) in [6.07, 6.45) is 6.50. The Morgan fingerprint density at radius 1 is 1.50 bits per heavy atom. The van der Waals surface area contributed by atoms with Crippen molar-refractivity contribution in [1.29, 1.82) is 0 Å². The minimum Gasteiger partial charge on any atom is -0.383 e. The molecule has 0 fully saturated rings. The van der Waals surface area contributed by atoms with Crippen LogP contribution in [0.3, 0.4) is 0 Å². The lowest BCUT2D eigenvalue weighted by atomic mass is 10.3. The van der Waals surface area contributed by atoms with Gasteiger partial charge in [0.25, 0.3) is 0 Å². The fraction of sp³-hybridized carbons (Fsp3) is 0.385. The maximum atomic E-state index is 6.16. The van der Waals surface area contributed by atoms with Gasteiger partial charge < -0.3 is 14.9 Å². The summed E-state index contributed by atoms with van der Waals surface area (Å²) in [5, 5.41) is 0. The van der Waals surface area contributed by atoms with Crippen molar-refractivity contribution in [2.75, 3.05) is 5.73 Å². The highest BCUT2D eigenvalue weighted by atomic mass is 15.2. The zero-order valence-electron chi connectivity index (χ0n) is 10.9. The first-order valence-corrected chi connectivity index (χ1v) is 6.13. The molecule has 0 saturated heterocycles. The predicted molar refractivity (Wildman–Crippen MR) is 73.1 cm³/mol. The Kier molecular flexibility index (Phi) is 3.50. The molecule has 0 aromatic carbocycles. The lowest BCUT2D eigenvalue weighted by molar-refractivity contribution is 0.683. The number of rotatable bonds is 5. The fourth-order valence-corrected chi connectivity index (χ4v) is 2.07. The van der Waals surface area contributed by atoms with E-state index in [0.29, 0.717) is 12.4 Å². The number of hydrogen-bond acceptors (Lipinski definition) is 3. The number of hydrogen-bond donors (Lipinski definition) is 1. The summed E-state index contributed by atoms with van der Waals surface area (Å²) >= 11 is 0. The lowest BCUT2D eigenvalue weighted by Gasteiger charge is -2.06. The number of aromatic nitrogens is 4. The Bertz CT molecular complexity index is 550. The number of nitrogens with zero attached hydrogens (tertiary/aromatic N) is 4. The maximum Gasteiger partial charge on any atom is 0.133 e. The highest BCUT2D eigenvalue weighted by Crippen LogP contribution is 2.26. The van der Waals surface area contributed by atoms with Crippen LogP contribution < -0.4 is 5.73 Å². The Balaban J connectivity index is 2.47. The fourth-order valence-electron chi connectivity index (χ4n) is 2.07. The molecule has 2 aromatic rings. The third kappa shape index (κ3) is 2.03. The maximum absolute atomic E-state index is 6.16. The molecule has 5 nitrogen and oxygen atoms in total. The molecular formula is C13H19N5. The number of imidazole rings is 2. The summed E-state index contributed by atoms with van der Waals surface area (Å²) in [6.45, 7) is 9.41. The Morgan fingerprint density at radius 2 is 2.28 bits per heavy atom. The molecular weight excluding hydrogens is 226 g/mol. The lowest BCUT2D eigenvalue weighted by Crippen LogP contribution is -2.04. The largest absolute Gasteiger partial charge is 0.383 e. The van der Waals surface area contributed by atoms with Gasteiger partial charge in [-0.2, -0.15) is 0 Å². The average Bonchev–Trinajstić information content (AvgIpc) is 2.89. The molecule has 0 unspecified atom stereocenters. The number of aryl methyl sites for hydroxylation is 2. The summed E-state index contributed by atoms with van der Waals surface area (Å²) in [4.78, 5) is 8.72. The van der Waals surface area contributed by atoms with Gasteiger partial charge in [-0.05, 0) is 13.3 Å². The zero-order chi connectivity index (χ0) is 13.1. The van der Waals surface area contributed by atoms with Gasteiger partial charge in [-0.25, -0.2) is 9.97 Å². The van der Waals surface area contributed by atoms with Gasteiger partial charge >= 0.3 is 0 Å². The molecule has 96 valence electrons. The van der Waals surface area contributed by atoms with Crippen LogP contribution in [0.5, 0.6) is 0 Å². The van der Waals surface area contributed by atoms with Crippen molar-refractivity contribution in [3.05, 3.63) is 31.0 Å². The van der Waals surface area contributed by atoms with Crippen LogP contribution in [-0.4, -0.2) is 19.1 Å². The Labute approximate surface area is 107 Å². The molecule has 0 aliphatic carbocycles. The second-order valence-corrected chi connectivity index (χ2v) is 4.26. The molecule has 0 aliphatic heterocycles. The van der Waals surface area contributed by atoms with Crippen LogP contribution in [-0.2, 0) is 13.1 Å². The van der Waals surface area contributed by atoms with Gasteiger partial charge in [0.2, 0.25) is 0 Å². The summed E-state index contributed by atoms with van der Waals surface area (Å²) in [6, 6.07) is 0. The molecule has 5 heteroatoms. The van der Waals surface area contributed by atoms with Crippen molar-refractivity contribution < 1.29 is 0 Å². The quantitative estimate of drug-likeness (QED) is 0.822. The third-order valence-corrected chi connectivity index (χ3v) is 2.93. The van der Waals surface area contributed by atoms with Crippen LogP contribution in [0.25, 0.3) is 11.4 Å². The van der Waals surface area contributed by atoms with E-state index in [1.165, 1.54) is 0 Å². The van der Waals surface area contributed by atoms with Crippen LogP contribution >= 0.6 is 0 Å². The molecule has 0 bridgehead atoms. The van der Waals surface area contributed by atoms with E-state index in [0.717, 1.165) is 30.2 Å². The van der Waals surface area contributed by atoms with E-state index in [9.17, 15) is 0 Å². The van der Waals surface area contributed by atoms with Crippen LogP contribution in [0, 0.1) is 6.92 Å². The van der Waals surface area contributed by atoms with E-state index >= 15 is 0 Å². The first-order chi connectivity index (χ1) is 8.69. The summed E-state index contributed by atoms with van der Waals surface area (Å²) in [5.74, 6) is 1.57. The van der Waals surface area contributed by atoms with E-state index in [4.69, 9.17) is 5.73 Å². The van der Waals surface area contributed by atoms with Gasteiger partial charge in [-0.1, -0.05) is 13.0 Å². The topological polar surface area (TPSA) is 61.7 Å². The standard InChI is InChI=1S/C13H19N5/c1-4-6-17-9-15-8-11(17)12-13(14)18(7-5-2)10(3)16-12/h5,8-9H,2,4,6-7,14H2,1,3H3. The summed E-state index contributed by atoms with van der Waals surface area (Å²) in [5.41, 5.74) is 7.94. The zero-order valence-corrected chi connectivity index (χ0v) is 10.9. The van der Waals surface area contributed by atoms with Gasteiger partial charge in [-0.15, -0.1) is 6.58 Å². The SMILES string of the molecule is C=CCn1c(C)nc(-c2cncn2CCC)c1N. The van der Waals surface area contributed by atoms with E-state index in [2.05, 4.69) is 28.0 Å². The van der Waals surface area contributed by atoms with Crippen molar-refractivity contribution >= 4 is 5.82 Å². The van der Waals surface area contributed by atoms with Crippen molar-refractivity contribution in [3.8, 4) is 11.4 Å². The van der Waals surface area contributed by atoms with Crippen molar-refractivity contribution in [2.45, 2.75) is 33.4 Å². The van der Waals surface area contributed by atoms with Gasteiger partial charge in [0.15, 0.2) is 0 Å². The second-order valence-electron chi connectivity index (χ2n) is 4.26. The smallest absolute Gasteiger partial charge is 0.133 e. The second kappa shape index (κ2) is 5.08. The molecule has 0 atom stereocenters.